The number of hydrogen-bond donors (Lipinski definition) is 3. The van der Waals surface area contributed by atoms with Crippen LogP contribution in [0.2, 0.25) is 20.1 Å². The first-order valence-electron chi connectivity index (χ1n) is 11.0. The van der Waals surface area contributed by atoms with E-state index in [2.05, 4.69) is 21.0 Å². The van der Waals surface area contributed by atoms with E-state index < -0.39 is 0 Å². The van der Waals surface area contributed by atoms with E-state index in [1.165, 1.54) is 0 Å². The number of thiocarbonyl (C=S) groups is 2. The second kappa shape index (κ2) is 12.0. The maximum absolute atomic E-state index is 6.16. The minimum absolute atomic E-state index is 0.374. The second-order valence-electron chi connectivity index (χ2n) is 8.31. The third-order valence-corrected chi connectivity index (χ3v) is 6.50. The summed E-state index contributed by atoms with van der Waals surface area (Å²) < 4.78 is 1.87. The number of nitrogens with zero attached hydrogens (tertiary/aromatic N) is 2. The van der Waals surface area contributed by atoms with Crippen LogP contribution in [-0.2, 0) is 6.42 Å². The lowest BCUT2D eigenvalue weighted by molar-refractivity contribution is 0.835. The van der Waals surface area contributed by atoms with Crippen molar-refractivity contribution in [1.29, 1.82) is 0 Å². The Bertz CT molecular complexity index is 1460. The Morgan fingerprint density at radius 1 is 0.757 bits per heavy atom. The van der Waals surface area contributed by atoms with Gasteiger partial charge >= 0.3 is 0 Å². The first-order chi connectivity index (χ1) is 17.5. The third kappa shape index (κ3) is 7.57. The summed E-state index contributed by atoms with van der Waals surface area (Å²) in [6.45, 7) is 3.95. The molecule has 4 aromatic rings. The highest BCUT2D eigenvalue weighted by Gasteiger charge is 2.13. The fourth-order valence-electron chi connectivity index (χ4n) is 3.78. The lowest BCUT2D eigenvalue weighted by atomic mass is 10.1. The minimum atomic E-state index is 0.374. The van der Waals surface area contributed by atoms with Crippen LogP contribution in [0.3, 0.4) is 0 Å². The first-order valence-corrected chi connectivity index (χ1v) is 13.3. The van der Waals surface area contributed by atoms with Crippen LogP contribution in [0.5, 0.6) is 0 Å². The lowest BCUT2D eigenvalue weighted by Crippen LogP contribution is -2.20. The van der Waals surface area contributed by atoms with Gasteiger partial charge in [0, 0.05) is 43.6 Å². The van der Waals surface area contributed by atoms with E-state index in [9.17, 15) is 0 Å². The molecule has 0 atom stereocenters. The average Bonchev–Trinajstić information content (AvgIpc) is 3.09. The molecule has 3 aromatic carbocycles. The van der Waals surface area contributed by atoms with Gasteiger partial charge in [0.25, 0.3) is 0 Å². The predicted octanol–water partition coefficient (Wildman–Crippen LogP) is 8.89. The molecule has 0 amide bonds. The zero-order valence-electron chi connectivity index (χ0n) is 19.7. The van der Waals surface area contributed by atoms with Gasteiger partial charge in [0.2, 0.25) is 0 Å². The van der Waals surface area contributed by atoms with Crippen molar-refractivity contribution in [3.05, 3.63) is 97.7 Å². The molecule has 3 N–H and O–H groups in total. The Hall–Kier alpha value is -2.39. The van der Waals surface area contributed by atoms with Crippen molar-refractivity contribution in [3.8, 4) is 5.69 Å². The standard InChI is InChI=1S/C26H21Cl4N5S2/c1-14-5-15(2)35(34-14)24-4-3-21(31-26(37)32-22-11-19(29)10-20(30)12-22)13-23(24)33-25(36)8-16-6-17(27)9-18(28)7-16/h3-7,9-13H,8H2,1-2H3,(H,33,36)(H2,31,32,37). The van der Waals surface area contributed by atoms with Crippen LogP contribution < -0.4 is 16.0 Å². The molecule has 0 spiro atoms. The molecule has 4 rings (SSSR count). The van der Waals surface area contributed by atoms with Crippen LogP contribution in [-0.4, -0.2) is 19.9 Å². The van der Waals surface area contributed by atoms with Gasteiger partial charge < -0.3 is 16.0 Å². The van der Waals surface area contributed by atoms with E-state index >= 15 is 0 Å². The molecule has 0 aliphatic carbocycles. The van der Waals surface area contributed by atoms with Crippen LogP contribution in [0, 0.1) is 13.8 Å². The van der Waals surface area contributed by atoms with Crippen molar-refractivity contribution in [2.24, 2.45) is 0 Å². The van der Waals surface area contributed by atoms with Gasteiger partial charge in [-0.1, -0.05) is 58.6 Å². The van der Waals surface area contributed by atoms with Gasteiger partial charge in [-0.2, -0.15) is 5.10 Å². The molecule has 190 valence electrons. The van der Waals surface area contributed by atoms with Gasteiger partial charge in [0.1, 0.15) is 0 Å². The van der Waals surface area contributed by atoms with Crippen molar-refractivity contribution >= 4 is 98.0 Å². The molecular weight excluding hydrogens is 588 g/mol. The Balaban J connectivity index is 1.59. The largest absolute Gasteiger partial charge is 0.348 e. The topological polar surface area (TPSA) is 53.9 Å². The lowest BCUT2D eigenvalue weighted by Gasteiger charge is -2.17. The number of aryl methyl sites for hydroxylation is 2. The van der Waals surface area contributed by atoms with Gasteiger partial charge in [0.15, 0.2) is 5.11 Å². The van der Waals surface area contributed by atoms with Gasteiger partial charge in [-0.05, 0) is 92.3 Å². The van der Waals surface area contributed by atoms with Crippen molar-refractivity contribution in [3.63, 3.8) is 0 Å². The molecule has 0 saturated carbocycles. The Morgan fingerprint density at radius 2 is 1.35 bits per heavy atom. The van der Waals surface area contributed by atoms with E-state index in [4.69, 9.17) is 70.8 Å². The molecule has 0 aliphatic rings. The van der Waals surface area contributed by atoms with E-state index in [1.807, 2.05) is 54.9 Å². The molecule has 37 heavy (non-hydrogen) atoms. The van der Waals surface area contributed by atoms with Crippen molar-refractivity contribution in [2.75, 3.05) is 16.0 Å². The third-order valence-electron chi connectivity index (χ3n) is 5.17. The smallest absolute Gasteiger partial charge is 0.175 e. The molecule has 1 aromatic heterocycles. The Kier molecular flexibility index (Phi) is 8.95. The van der Waals surface area contributed by atoms with Gasteiger partial charge in [0.05, 0.1) is 22.1 Å². The number of halogens is 4. The quantitative estimate of drug-likeness (QED) is 0.190. The fourth-order valence-corrected chi connectivity index (χ4v) is 5.39. The molecule has 0 aliphatic heterocycles. The summed E-state index contributed by atoms with van der Waals surface area (Å²) in [4.78, 5) is 0.590. The maximum Gasteiger partial charge on any atom is 0.175 e. The zero-order chi connectivity index (χ0) is 26.7. The van der Waals surface area contributed by atoms with Crippen molar-refractivity contribution < 1.29 is 0 Å². The van der Waals surface area contributed by atoms with E-state index in [0.717, 1.165) is 34.0 Å². The summed E-state index contributed by atoms with van der Waals surface area (Å²) in [5.41, 5.74) is 5.81. The highest BCUT2D eigenvalue weighted by Crippen LogP contribution is 2.28. The highest BCUT2D eigenvalue weighted by atomic mass is 35.5. The summed E-state index contributed by atoms with van der Waals surface area (Å²) >= 11 is 35.7. The molecule has 0 fully saturated rings. The molecule has 0 saturated heterocycles. The normalized spacial score (nSPS) is 10.8. The Labute approximate surface area is 246 Å². The van der Waals surface area contributed by atoms with Crippen molar-refractivity contribution in [1.82, 2.24) is 9.78 Å². The van der Waals surface area contributed by atoms with E-state index in [0.29, 0.717) is 42.3 Å². The first kappa shape index (κ1) is 27.6. The van der Waals surface area contributed by atoms with Crippen LogP contribution in [0.25, 0.3) is 5.69 Å². The van der Waals surface area contributed by atoms with E-state index in [-0.39, 0.29) is 0 Å². The monoisotopic (exact) mass is 607 g/mol. The minimum Gasteiger partial charge on any atom is -0.348 e. The predicted molar refractivity (Wildman–Crippen MR) is 166 cm³/mol. The summed E-state index contributed by atoms with van der Waals surface area (Å²) in [6, 6.07) is 18.3. The number of hydrogen-bond acceptors (Lipinski definition) is 3. The number of rotatable bonds is 6. The molecular formula is C26H21Cl4N5S2. The highest BCUT2D eigenvalue weighted by molar-refractivity contribution is 7.81. The number of aromatic nitrogens is 2. The SMILES string of the molecule is Cc1cc(C)n(-c2ccc(NC(=S)Nc3cc(Cl)cc(Cl)c3)cc2NC(=S)Cc2cc(Cl)cc(Cl)c2)n1. The average molecular weight is 609 g/mol. The Morgan fingerprint density at radius 3 is 1.95 bits per heavy atom. The van der Waals surface area contributed by atoms with Gasteiger partial charge in [-0.3, -0.25) is 0 Å². The zero-order valence-corrected chi connectivity index (χ0v) is 24.4. The number of nitrogens with one attached hydrogen (secondary N) is 3. The van der Waals surface area contributed by atoms with Gasteiger partial charge in [-0.15, -0.1) is 0 Å². The molecule has 5 nitrogen and oxygen atoms in total. The van der Waals surface area contributed by atoms with E-state index in [1.54, 1.807) is 24.3 Å². The summed E-state index contributed by atoms with van der Waals surface area (Å²) in [7, 11) is 0. The van der Waals surface area contributed by atoms with Crippen LogP contribution >= 0.6 is 70.8 Å². The molecule has 0 unspecified atom stereocenters. The molecule has 0 radical (unpaired) electrons. The number of benzene rings is 3. The fraction of sp³-hybridized carbons (Fsp3) is 0.115. The second-order valence-corrected chi connectivity index (χ2v) is 11.0. The molecule has 11 heteroatoms. The summed E-state index contributed by atoms with van der Waals surface area (Å²) in [6.07, 6.45) is 0.458. The number of anilines is 3. The van der Waals surface area contributed by atoms with Crippen molar-refractivity contribution in [2.45, 2.75) is 20.3 Å². The molecule has 1 heterocycles. The maximum atomic E-state index is 6.16. The summed E-state index contributed by atoms with van der Waals surface area (Å²) in [5, 5.41) is 16.8. The molecule has 0 bridgehead atoms. The van der Waals surface area contributed by atoms with Crippen LogP contribution in [0.15, 0.2) is 60.7 Å². The van der Waals surface area contributed by atoms with Crippen LogP contribution in [0.1, 0.15) is 17.0 Å². The summed E-state index contributed by atoms with van der Waals surface area (Å²) in [5.74, 6) is 0. The van der Waals surface area contributed by atoms with Gasteiger partial charge in [-0.25, -0.2) is 4.68 Å². The van der Waals surface area contributed by atoms with Crippen LogP contribution in [0.4, 0.5) is 17.1 Å².